The standard InChI is InChI=1S/C22H20F3N3O/c23-16-8-14(21(26)29)20-19(15-9-22(24,25)6-4-17(15)28-20)18(16)13-3-1-2-11-10-27-7-5-12(11)13/h1-3,8,27-28H,4-7,9-10H2,(H2,26,29). The van der Waals surface area contributed by atoms with Gasteiger partial charge in [0.1, 0.15) is 5.82 Å². The van der Waals surface area contributed by atoms with Crippen LogP contribution in [0.1, 0.15) is 39.2 Å². The Balaban J connectivity index is 1.88. The molecule has 0 fully saturated rings. The van der Waals surface area contributed by atoms with Gasteiger partial charge in [-0.25, -0.2) is 13.2 Å². The second kappa shape index (κ2) is 6.35. The minimum Gasteiger partial charge on any atom is -0.366 e. The monoisotopic (exact) mass is 399 g/mol. The van der Waals surface area contributed by atoms with Gasteiger partial charge in [-0.1, -0.05) is 18.2 Å². The van der Waals surface area contributed by atoms with Crippen molar-refractivity contribution in [1.29, 1.82) is 0 Å². The Labute approximate surface area is 165 Å². The summed E-state index contributed by atoms with van der Waals surface area (Å²) in [5.41, 5.74) is 9.88. The van der Waals surface area contributed by atoms with E-state index >= 15 is 4.39 Å². The van der Waals surface area contributed by atoms with E-state index in [0.717, 1.165) is 23.7 Å². The van der Waals surface area contributed by atoms with Crippen LogP contribution in [-0.2, 0) is 25.8 Å². The summed E-state index contributed by atoms with van der Waals surface area (Å²) in [5.74, 6) is -4.27. The van der Waals surface area contributed by atoms with Gasteiger partial charge in [0, 0.05) is 36.0 Å². The van der Waals surface area contributed by atoms with E-state index in [4.69, 9.17) is 5.73 Å². The molecule has 0 bridgehead atoms. The Bertz CT molecular complexity index is 1170. The van der Waals surface area contributed by atoms with E-state index in [-0.39, 0.29) is 24.0 Å². The molecule has 150 valence electrons. The van der Waals surface area contributed by atoms with Crippen LogP contribution in [0.5, 0.6) is 0 Å². The van der Waals surface area contributed by atoms with E-state index in [0.29, 0.717) is 40.7 Å². The van der Waals surface area contributed by atoms with Gasteiger partial charge in [0.05, 0.1) is 11.1 Å². The summed E-state index contributed by atoms with van der Waals surface area (Å²) in [6, 6.07) is 6.79. The normalized spacial score (nSPS) is 17.8. The predicted octanol–water partition coefficient (Wildman–Crippen LogP) is 3.84. The number of aromatic nitrogens is 1. The van der Waals surface area contributed by atoms with Gasteiger partial charge < -0.3 is 16.0 Å². The summed E-state index contributed by atoms with van der Waals surface area (Å²) in [6.45, 7) is 1.44. The number of hydrogen-bond acceptors (Lipinski definition) is 2. The van der Waals surface area contributed by atoms with Crippen LogP contribution in [0.2, 0.25) is 0 Å². The van der Waals surface area contributed by atoms with Crippen molar-refractivity contribution in [1.82, 2.24) is 10.3 Å². The van der Waals surface area contributed by atoms with Crippen LogP contribution in [0.25, 0.3) is 22.0 Å². The van der Waals surface area contributed by atoms with E-state index in [1.165, 1.54) is 0 Å². The minimum atomic E-state index is -2.86. The first-order valence-corrected chi connectivity index (χ1v) is 9.71. The number of H-pyrrole nitrogens is 1. The van der Waals surface area contributed by atoms with E-state index in [9.17, 15) is 13.6 Å². The molecule has 2 aromatic carbocycles. The van der Waals surface area contributed by atoms with Gasteiger partial charge in [-0.05, 0) is 47.7 Å². The molecule has 1 aliphatic carbocycles. The van der Waals surface area contributed by atoms with Gasteiger partial charge in [0.15, 0.2) is 0 Å². The molecule has 4 nitrogen and oxygen atoms in total. The number of carbonyl (C=O) groups is 1. The van der Waals surface area contributed by atoms with Crippen molar-refractivity contribution in [2.45, 2.75) is 38.2 Å². The summed E-state index contributed by atoms with van der Waals surface area (Å²) in [5, 5.41) is 3.65. The SMILES string of the molecule is NC(=O)c1cc(F)c(-c2cccc3c2CCNC3)c2c3c([nH]c12)CCC(F)(F)C3. The first kappa shape index (κ1) is 18.2. The zero-order valence-corrected chi connectivity index (χ0v) is 15.7. The number of alkyl halides is 2. The molecule has 0 spiro atoms. The van der Waals surface area contributed by atoms with Crippen LogP contribution in [0, 0.1) is 5.82 Å². The second-order valence-electron chi connectivity index (χ2n) is 7.88. The van der Waals surface area contributed by atoms with Crippen LogP contribution in [0.15, 0.2) is 24.3 Å². The van der Waals surface area contributed by atoms with Crippen LogP contribution in [0.3, 0.4) is 0 Å². The zero-order valence-electron chi connectivity index (χ0n) is 15.7. The van der Waals surface area contributed by atoms with Gasteiger partial charge in [0.25, 0.3) is 11.8 Å². The molecule has 7 heteroatoms. The van der Waals surface area contributed by atoms with Crippen molar-refractivity contribution in [3.63, 3.8) is 0 Å². The zero-order chi connectivity index (χ0) is 20.3. The smallest absolute Gasteiger partial charge is 0.252 e. The molecule has 0 radical (unpaired) electrons. The Kier molecular flexibility index (Phi) is 4.00. The van der Waals surface area contributed by atoms with Crippen LogP contribution >= 0.6 is 0 Å². The maximum Gasteiger partial charge on any atom is 0.252 e. The van der Waals surface area contributed by atoms with Crippen molar-refractivity contribution in [3.8, 4) is 11.1 Å². The van der Waals surface area contributed by atoms with E-state index in [1.54, 1.807) is 0 Å². The number of benzene rings is 2. The number of nitrogens with two attached hydrogens (primary N) is 1. The number of nitrogens with one attached hydrogen (secondary N) is 2. The van der Waals surface area contributed by atoms with Gasteiger partial charge in [0.2, 0.25) is 0 Å². The van der Waals surface area contributed by atoms with E-state index < -0.39 is 24.1 Å². The molecule has 0 saturated carbocycles. The van der Waals surface area contributed by atoms with Crippen molar-refractivity contribution in [2.24, 2.45) is 5.73 Å². The van der Waals surface area contributed by atoms with Crippen LogP contribution in [-0.4, -0.2) is 23.4 Å². The summed E-state index contributed by atoms with van der Waals surface area (Å²) >= 11 is 0. The molecule has 1 aliphatic heterocycles. The Morgan fingerprint density at radius 1 is 1.17 bits per heavy atom. The summed E-state index contributed by atoms with van der Waals surface area (Å²) < 4.78 is 43.9. The molecule has 2 aliphatic rings. The summed E-state index contributed by atoms with van der Waals surface area (Å²) in [4.78, 5) is 15.1. The number of hydrogen-bond donors (Lipinski definition) is 3. The number of aromatic amines is 1. The third-order valence-corrected chi connectivity index (χ3v) is 6.07. The number of carbonyl (C=O) groups excluding carboxylic acids is 1. The average molecular weight is 399 g/mol. The topological polar surface area (TPSA) is 70.9 Å². The third-order valence-electron chi connectivity index (χ3n) is 6.07. The molecular weight excluding hydrogens is 379 g/mol. The maximum atomic E-state index is 15.4. The van der Waals surface area contributed by atoms with Gasteiger partial charge in [-0.3, -0.25) is 4.79 Å². The molecule has 2 heterocycles. The van der Waals surface area contributed by atoms with Crippen molar-refractivity contribution >= 4 is 16.8 Å². The number of fused-ring (bicyclic) bond motifs is 4. The van der Waals surface area contributed by atoms with Crippen LogP contribution < -0.4 is 11.1 Å². The summed E-state index contributed by atoms with van der Waals surface area (Å²) in [6.07, 6.45) is 0.108. The highest BCUT2D eigenvalue weighted by molar-refractivity contribution is 6.11. The molecule has 5 rings (SSSR count). The van der Waals surface area contributed by atoms with Gasteiger partial charge in [-0.2, -0.15) is 0 Å². The molecular formula is C22H20F3N3O. The van der Waals surface area contributed by atoms with Crippen molar-refractivity contribution in [2.75, 3.05) is 6.54 Å². The number of aryl methyl sites for hydroxylation is 1. The summed E-state index contributed by atoms with van der Waals surface area (Å²) in [7, 11) is 0. The van der Waals surface area contributed by atoms with Crippen molar-refractivity contribution < 1.29 is 18.0 Å². The Morgan fingerprint density at radius 3 is 2.79 bits per heavy atom. The molecule has 3 aromatic rings. The second-order valence-corrected chi connectivity index (χ2v) is 7.88. The fourth-order valence-electron chi connectivity index (χ4n) is 4.75. The minimum absolute atomic E-state index is 0.00886. The van der Waals surface area contributed by atoms with E-state index in [1.807, 2.05) is 18.2 Å². The molecule has 1 amide bonds. The maximum absolute atomic E-state index is 15.4. The number of amides is 1. The van der Waals surface area contributed by atoms with Crippen LogP contribution in [0.4, 0.5) is 13.2 Å². The van der Waals surface area contributed by atoms with Gasteiger partial charge in [-0.15, -0.1) is 0 Å². The number of primary amides is 1. The fraction of sp³-hybridized carbons (Fsp3) is 0.318. The highest BCUT2D eigenvalue weighted by atomic mass is 19.3. The fourth-order valence-corrected chi connectivity index (χ4v) is 4.75. The van der Waals surface area contributed by atoms with Gasteiger partial charge >= 0.3 is 0 Å². The Hall–Kier alpha value is -2.80. The predicted molar refractivity (Wildman–Crippen MR) is 105 cm³/mol. The van der Waals surface area contributed by atoms with Crippen molar-refractivity contribution in [3.05, 3.63) is 58.0 Å². The Morgan fingerprint density at radius 2 is 2.00 bits per heavy atom. The third kappa shape index (κ3) is 2.83. The largest absolute Gasteiger partial charge is 0.366 e. The molecule has 0 atom stereocenters. The average Bonchev–Trinajstić information content (AvgIpc) is 3.04. The quantitative estimate of drug-likeness (QED) is 0.613. The lowest BCUT2D eigenvalue weighted by Gasteiger charge is -2.24. The molecule has 4 N–H and O–H groups in total. The number of halogens is 3. The molecule has 0 saturated heterocycles. The molecule has 0 unspecified atom stereocenters. The van der Waals surface area contributed by atoms with E-state index in [2.05, 4.69) is 10.3 Å². The lowest BCUT2D eigenvalue weighted by atomic mass is 9.85. The molecule has 29 heavy (non-hydrogen) atoms. The lowest BCUT2D eigenvalue weighted by Crippen LogP contribution is -2.25. The highest BCUT2D eigenvalue weighted by Crippen LogP contribution is 2.44. The first-order chi connectivity index (χ1) is 13.9. The first-order valence-electron chi connectivity index (χ1n) is 9.71. The highest BCUT2D eigenvalue weighted by Gasteiger charge is 2.37. The lowest BCUT2D eigenvalue weighted by molar-refractivity contribution is -0.0121. The number of rotatable bonds is 2. The molecule has 1 aromatic heterocycles.